The lowest BCUT2D eigenvalue weighted by Gasteiger charge is -2.17. The molecule has 1 N–H and O–H groups in total. The van der Waals surface area contributed by atoms with Crippen molar-refractivity contribution in [1.82, 2.24) is 10.2 Å². The summed E-state index contributed by atoms with van der Waals surface area (Å²) in [4.78, 5) is 26.1. The number of amides is 2. The molecule has 4 nitrogen and oxygen atoms in total. The maximum atomic E-state index is 12.2. The highest BCUT2D eigenvalue weighted by atomic mass is 16.2. The summed E-state index contributed by atoms with van der Waals surface area (Å²) in [7, 11) is 0. The number of rotatable bonds is 8. The fourth-order valence-corrected chi connectivity index (χ4v) is 2.92. The molecule has 1 atom stereocenters. The van der Waals surface area contributed by atoms with E-state index in [1.54, 1.807) is 4.90 Å². The number of likely N-dealkylation sites (tertiary alicyclic amines) is 1. The minimum Gasteiger partial charge on any atom is -0.356 e. The highest BCUT2D eigenvalue weighted by molar-refractivity contribution is 5.89. The molecule has 1 aromatic carbocycles. The Kier molecular flexibility index (Phi) is 6.63. The smallest absolute Gasteiger partial charge is 0.225 e. The van der Waals surface area contributed by atoms with Gasteiger partial charge in [-0.25, -0.2) is 0 Å². The van der Waals surface area contributed by atoms with Gasteiger partial charge in [0.15, 0.2) is 0 Å². The van der Waals surface area contributed by atoms with E-state index in [4.69, 9.17) is 0 Å². The molecule has 1 aliphatic heterocycles. The molecule has 1 aliphatic rings. The summed E-state index contributed by atoms with van der Waals surface area (Å²) in [6.07, 6.45) is 4.92. The van der Waals surface area contributed by atoms with E-state index in [0.717, 1.165) is 24.9 Å². The van der Waals surface area contributed by atoms with Gasteiger partial charge in [0.05, 0.1) is 5.92 Å². The Morgan fingerprint density at radius 3 is 2.65 bits per heavy atom. The van der Waals surface area contributed by atoms with Crippen LogP contribution in [0, 0.1) is 12.8 Å². The third-order valence-electron chi connectivity index (χ3n) is 4.41. The van der Waals surface area contributed by atoms with Crippen molar-refractivity contribution in [3.05, 3.63) is 35.4 Å². The summed E-state index contributed by atoms with van der Waals surface area (Å²) in [6, 6.07) is 8.19. The topological polar surface area (TPSA) is 49.4 Å². The van der Waals surface area contributed by atoms with Crippen LogP contribution in [0.25, 0.3) is 0 Å². The second-order valence-corrected chi connectivity index (χ2v) is 6.51. The van der Waals surface area contributed by atoms with Crippen molar-refractivity contribution in [2.75, 3.05) is 13.1 Å². The predicted octanol–water partition coefficient (Wildman–Crippen LogP) is 3.04. The molecule has 4 heteroatoms. The molecule has 1 saturated heterocycles. The Labute approximate surface area is 139 Å². The largest absolute Gasteiger partial charge is 0.356 e. The first-order valence-electron chi connectivity index (χ1n) is 8.71. The zero-order valence-corrected chi connectivity index (χ0v) is 14.3. The molecule has 2 amide bonds. The molecule has 1 unspecified atom stereocenters. The highest BCUT2D eigenvalue weighted by Crippen LogP contribution is 2.20. The quantitative estimate of drug-likeness (QED) is 0.749. The van der Waals surface area contributed by atoms with Crippen LogP contribution in [0.5, 0.6) is 0 Å². The lowest BCUT2D eigenvalue weighted by Crippen LogP contribution is -2.33. The summed E-state index contributed by atoms with van der Waals surface area (Å²) in [5.41, 5.74) is 2.33. The average molecular weight is 316 g/mol. The standard InChI is InChI=1S/C19H28N2O2/c1-3-4-5-6-11-20-19(23)17-12-18(22)21(14-17)13-16-9-7-15(2)8-10-16/h7-10,17H,3-6,11-14H2,1-2H3,(H,20,23). The van der Waals surface area contributed by atoms with Crippen molar-refractivity contribution in [3.8, 4) is 0 Å². The number of carbonyl (C=O) groups excluding carboxylic acids is 2. The van der Waals surface area contributed by atoms with Crippen molar-refractivity contribution in [3.63, 3.8) is 0 Å². The fraction of sp³-hybridized carbons (Fsp3) is 0.579. The molecule has 2 rings (SSSR count). The van der Waals surface area contributed by atoms with Gasteiger partial charge in [0.2, 0.25) is 11.8 Å². The number of nitrogens with zero attached hydrogens (tertiary/aromatic N) is 1. The first-order valence-corrected chi connectivity index (χ1v) is 8.71. The Morgan fingerprint density at radius 2 is 1.96 bits per heavy atom. The Bertz CT molecular complexity index is 525. The average Bonchev–Trinajstić information content (AvgIpc) is 2.90. The summed E-state index contributed by atoms with van der Waals surface area (Å²) in [5, 5.41) is 2.98. The molecule has 23 heavy (non-hydrogen) atoms. The minimum absolute atomic E-state index is 0.0289. The van der Waals surface area contributed by atoms with E-state index >= 15 is 0 Å². The van der Waals surface area contributed by atoms with Gasteiger partial charge in [0.1, 0.15) is 0 Å². The number of aryl methyl sites for hydroxylation is 1. The number of benzene rings is 1. The van der Waals surface area contributed by atoms with Crippen molar-refractivity contribution >= 4 is 11.8 Å². The number of hydrogen-bond donors (Lipinski definition) is 1. The SMILES string of the molecule is CCCCCCNC(=O)C1CC(=O)N(Cc2ccc(C)cc2)C1. The highest BCUT2D eigenvalue weighted by Gasteiger charge is 2.33. The van der Waals surface area contributed by atoms with E-state index in [-0.39, 0.29) is 17.7 Å². The van der Waals surface area contributed by atoms with Gasteiger partial charge in [-0.05, 0) is 18.9 Å². The Morgan fingerprint density at radius 1 is 1.22 bits per heavy atom. The number of unbranched alkanes of at least 4 members (excludes halogenated alkanes) is 3. The molecular weight excluding hydrogens is 288 g/mol. The molecule has 1 fully saturated rings. The summed E-state index contributed by atoms with van der Waals surface area (Å²) in [6.45, 7) is 6.07. The van der Waals surface area contributed by atoms with E-state index in [9.17, 15) is 9.59 Å². The van der Waals surface area contributed by atoms with E-state index in [0.29, 0.717) is 19.5 Å². The van der Waals surface area contributed by atoms with Crippen LogP contribution in [0.3, 0.4) is 0 Å². The summed E-state index contributed by atoms with van der Waals surface area (Å²) in [5.74, 6) is -0.0860. The van der Waals surface area contributed by atoms with Gasteiger partial charge < -0.3 is 10.2 Å². The summed E-state index contributed by atoms with van der Waals surface area (Å²) < 4.78 is 0. The van der Waals surface area contributed by atoms with Gasteiger partial charge in [0.25, 0.3) is 0 Å². The lowest BCUT2D eigenvalue weighted by molar-refractivity contribution is -0.129. The van der Waals surface area contributed by atoms with Gasteiger partial charge in [-0.1, -0.05) is 56.0 Å². The molecule has 0 radical (unpaired) electrons. The zero-order valence-electron chi connectivity index (χ0n) is 14.3. The second kappa shape index (κ2) is 8.70. The van der Waals surface area contributed by atoms with Gasteiger partial charge in [-0.15, -0.1) is 0 Å². The van der Waals surface area contributed by atoms with Gasteiger partial charge in [-0.2, -0.15) is 0 Å². The van der Waals surface area contributed by atoms with Gasteiger partial charge in [0, 0.05) is 26.1 Å². The molecule has 0 spiro atoms. The van der Waals surface area contributed by atoms with Crippen molar-refractivity contribution in [1.29, 1.82) is 0 Å². The summed E-state index contributed by atoms with van der Waals surface area (Å²) >= 11 is 0. The van der Waals surface area contributed by atoms with E-state index < -0.39 is 0 Å². The van der Waals surface area contributed by atoms with E-state index in [1.807, 2.05) is 19.1 Å². The third kappa shape index (κ3) is 5.38. The van der Waals surface area contributed by atoms with Crippen LogP contribution in [0.4, 0.5) is 0 Å². The fourth-order valence-electron chi connectivity index (χ4n) is 2.92. The molecule has 0 saturated carbocycles. The zero-order chi connectivity index (χ0) is 16.7. The van der Waals surface area contributed by atoms with Crippen LogP contribution in [0.2, 0.25) is 0 Å². The maximum absolute atomic E-state index is 12.2. The lowest BCUT2D eigenvalue weighted by atomic mass is 10.1. The molecule has 1 aromatic rings. The van der Waals surface area contributed by atoms with Crippen LogP contribution < -0.4 is 5.32 Å². The number of carbonyl (C=O) groups is 2. The number of hydrogen-bond acceptors (Lipinski definition) is 2. The molecule has 0 bridgehead atoms. The Balaban J connectivity index is 1.77. The van der Waals surface area contributed by atoms with Crippen LogP contribution in [-0.2, 0) is 16.1 Å². The second-order valence-electron chi connectivity index (χ2n) is 6.51. The molecule has 0 aliphatic carbocycles. The van der Waals surface area contributed by atoms with Crippen LogP contribution >= 0.6 is 0 Å². The van der Waals surface area contributed by atoms with Gasteiger partial charge in [-0.3, -0.25) is 9.59 Å². The van der Waals surface area contributed by atoms with Crippen LogP contribution in [0.15, 0.2) is 24.3 Å². The van der Waals surface area contributed by atoms with Crippen molar-refractivity contribution in [2.45, 2.75) is 52.5 Å². The first-order chi connectivity index (χ1) is 11.1. The molecule has 126 valence electrons. The van der Waals surface area contributed by atoms with Crippen LogP contribution in [-0.4, -0.2) is 29.8 Å². The Hall–Kier alpha value is -1.84. The van der Waals surface area contributed by atoms with Crippen molar-refractivity contribution in [2.24, 2.45) is 5.92 Å². The molecular formula is C19H28N2O2. The van der Waals surface area contributed by atoms with Crippen LogP contribution in [0.1, 0.15) is 50.2 Å². The minimum atomic E-state index is -0.195. The van der Waals surface area contributed by atoms with Gasteiger partial charge >= 0.3 is 0 Å². The first kappa shape index (κ1) is 17.5. The predicted molar refractivity (Wildman–Crippen MR) is 91.9 cm³/mol. The van der Waals surface area contributed by atoms with E-state index in [2.05, 4.69) is 24.4 Å². The van der Waals surface area contributed by atoms with Crippen molar-refractivity contribution < 1.29 is 9.59 Å². The normalized spacial score (nSPS) is 17.6. The monoisotopic (exact) mass is 316 g/mol. The number of nitrogens with one attached hydrogen (secondary N) is 1. The maximum Gasteiger partial charge on any atom is 0.225 e. The third-order valence-corrected chi connectivity index (χ3v) is 4.41. The molecule has 1 heterocycles. The molecule has 0 aromatic heterocycles. The van der Waals surface area contributed by atoms with E-state index in [1.165, 1.54) is 18.4 Å².